The van der Waals surface area contributed by atoms with Gasteiger partial charge < -0.3 is 0 Å². The van der Waals surface area contributed by atoms with Gasteiger partial charge in [-0.25, -0.2) is 0 Å². The molecule has 15 heavy (non-hydrogen) atoms. The molecule has 0 N–H and O–H groups in total. The van der Waals surface area contributed by atoms with Gasteiger partial charge in [-0.05, 0) is 17.7 Å². The SMILES string of the molecule is O=S(=O)(F)c1ccc(-c2ccccc2)s1. The summed E-state index contributed by atoms with van der Waals surface area (Å²) in [6, 6.07) is 12.1. The van der Waals surface area contributed by atoms with Crippen LogP contribution in [0.5, 0.6) is 0 Å². The monoisotopic (exact) mass is 242 g/mol. The molecule has 0 radical (unpaired) electrons. The predicted octanol–water partition coefficient (Wildman–Crippen LogP) is 3.07. The van der Waals surface area contributed by atoms with Gasteiger partial charge in [-0.15, -0.1) is 11.3 Å². The zero-order chi connectivity index (χ0) is 10.9. The average molecular weight is 242 g/mol. The highest BCUT2D eigenvalue weighted by Crippen LogP contribution is 2.31. The zero-order valence-corrected chi connectivity index (χ0v) is 9.19. The fourth-order valence-electron chi connectivity index (χ4n) is 1.21. The zero-order valence-electron chi connectivity index (χ0n) is 7.55. The second kappa shape index (κ2) is 3.75. The van der Waals surface area contributed by atoms with Gasteiger partial charge in [0.05, 0.1) is 0 Å². The van der Waals surface area contributed by atoms with Crippen LogP contribution < -0.4 is 0 Å². The smallest absolute Gasteiger partial charge is 0.188 e. The largest absolute Gasteiger partial charge is 0.341 e. The first-order valence-electron chi connectivity index (χ1n) is 4.17. The molecule has 0 spiro atoms. The summed E-state index contributed by atoms with van der Waals surface area (Å²) in [6.07, 6.45) is 0. The summed E-state index contributed by atoms with van der Waals surface area (Å²) in [6.45, 7) is 0. The highest BCUT2D eigenvalue weighted by molar-refractivity contribution is 7.88. The third-order valence-electron chi connectivity index (χ3n) is 1.88. The fraction of sp³-hybridized carbons (Fsp3) is 0. The summed E-state index contributed by atoms with van der Waals surface area (Å²) in [5, 5.41) is 0. The van der Waals surface area contributed by atoms with E-state index in [2.05, 4.69) is 0 Å². The van der Waals surface area contributed by atoms with Crippen molar-refractivity contribution < 1.29 is 12.3 Å². The van der Waals surface area contributed by atoms with Crippen LogP contribution in [-0.2, 0) is 10.2 Å². The molecule has 0 aliphatic heterocycles. The van der Waals surface area contributed by atoms with E-state index in [1.807, 2.05) is 30.3 Å². The molecule has 0 bridgehead atoms. The molecule has 2 rings (SSSR count). The normalized spacial score (nSPS) is 11.5. The summed E-state index contributed by atoms with van der Waals surface area (Å²) >= 11 is 0.930. The molecule has 0 atom stereocenters. The van der Waals surface area contributed by atoms with Gasteiger partial charge in [0.2, 0.25) is 0 Å². The minimum Gasteiger partial charge on any atom is -0.188 e. The molecule has 2 nitrogen and oxygen atoms in total. The van der Waals surface area contributed by atoms with Crippen LogP contribution in [-0.4, -0.2) is 8.42 Å². The van der Waals surface area contributed by atoms with Crippen molar-refractivity contribution in [2.45, 2.75) is 4.21 Å². The van der Waals surface area contributed by atoms with E-state index in [1.54, 1.807) is 6.07 Å². The van der Waals surface area contributed by atoms with Crippen molar-refractivity contribution in [2.24, 2.45) is 0 Å². The Morgan fingerprint density at radius 3 is 2.20 bits per heavy atom. The van der Waals surface area contributed by atoms with Gasteiger partial charge in [0.25, 0.3) is 0 Å². The third kappa shape index (κ3) is 2.24. The Bertz CT molecular complexity index is 558. The lowest BCUT2D eigenvalue weighted by Crippen LogP contribution is -1.84. The molecule has 0 aliphatic rings. The van der Waals surface area contributed by atoms with E-state index >= 15 is 0 Å². The molecule has 0 unspecified atom stereocenters. The van der Waals surface area contributed by atoms with Crippen molar-refractivity contribution in [3.63, 3.8) is 0 Å². The lowest BCUT2D eigenvalue weighted by Gasteiger charge is -1.94. The minimum absolute atomic E-state index is 0.249. The molecular weight excluding hydrogens is 235 g/mol. The summed E-state index contributed by atoms with van der Waals surface area (Å²) in [5.41, 5.74) is 0.886. The van der Waals surface area contributed by atoms with E-state index in [1.165, 1.54) is 6.07 Å². The van der Waals surface area contributed by atoms with Crippen LogP contribution >= 0.6 is 11.3 Å². The quantitative estimate of drug-likeness (QED) is 0.758. The van der Waals surface area contributed by atoms with E-state index in [0.717, 1.165) is 21.8 Å². The van der Waals surface area contributed by atoms with Crippen LogP contribution in [0.2, 0.25) is 0 Å². The maximum Gasteiger partial charge on any atom is 0.341 e. The standard InChI is InChI=1S/C10H7FO2S2/c11-15(12,13)10-7-6-9(14-10)8-4-2-1-3-5-8/h1-7H. The highest BCUT2D eigenvalue weighted by Gasteiger charge is 2.15. The maximum absolute atomic E-state index is 12.6. The number of hydrogen-bond acceptors (Lipinski definition) is 3. The van der Waals surface area contributed by atoms with Crippen molar-refractivity contribution in [1.82, 2.24) is 0 Å². The summed E-state index contributed by atoms with van der Waals surface area (Å²) < 4.78 is 33.6. The molecule has 0 saturated carbocycles. The second-order valence-corrected chi connectivity index (χ2v) is 5.58. The maximum atomic E-state index is 12.6. The molecule has 0 aliphatic carbocycles. The van der Waals surface area contributed by atoms with E-state index < -0.39 is 10.2 Å². The first-order valence-corrected chi connectivity index (χ1v) is 6.37. The lowest BCUT2D eigenvalue weighted by atomic mass is 10.2. The molecule has 5 heteroatoms. The van der Waals surface area contributed by atoms with Gasteiger partial charge in [-0.2, -0.15) is 8.42 Å². The van der Waals surface area contributed by atoms with E-state index in [9.17, 15) is 12.3 Å². The van der Waals surface area contributed by atoms with Gasteiger partial charge in [0.1, 0.15) is 0 Å². The Morgan fingerprint density at radius 2 is 1.67 bits per heavy atom. The van der Waals surface area contributed by atoms with Crippen molar-refractivity contribution in [3.05, 3.63) is 42.5 Å². The van der Waals surface area contributed by atoms with Crippen LogP contribution in [0.3, 0.4) is 0 Å². The molecule has 0 saturated heterocycles. The van der Waals surface area contributed by atoms with Crippen molar-refractivity contribution >= 4 is 21.6 Å². The molecule has 2 aromatic rings. The minimum atomic E-state index is -4.57. The molecule has 78 valence electrons. The van der Waals surface area contributed by atoms with Crippen LogP contribution in [0.15, 0.2) is 46.7 Å². The van der Waals surface area contributed by atoms with E-state index in [4.69, 9.17) is 0 Å². The Balaban J connectivity index is 2.46. The van der Waals surface area contributed by atoms with Crippen molar-refractivity contribution in [2.75, 3.05) is 0 Å². The first kappa shape index (κ1) is 10.3. The topological polar surface area (TPSA) is 34.1 Å². The second-order valence-electron chi connectivity index (χ2n) is 2.92. The lowest BCUT2D eigenvalue weighted by molar-refractivity contribution is 0.554. The summed E-state index contributed by atoms with van der Waals surface area (Å²) in [4.78, 5) is 0.742. The Hall–Kier alpha value is -1.20. The average Bonchev–Trinajstić information content (AvgIpc) is 2.67. The fourth-order valence-corrected chi connectivity index (χ4v) is 2.85. The number of halogens is 1. The number of thiophene rings is 1. The van der Waals surface area contributed by atoms with Crippen LogP contribution in [0.1, 0.15) is 0 Å². The summed E-state index contributed by atoms with van der Waals surface area (Å²) in [5.74, 6) is 0. The Labute approximate surface area is 91.2 Å². The Morgan fingerprint density at radius 1 is 1.00 bits per heavy atom. The molecular formula is C10H7FO2S2. The number of benzene rings is 1. The van der Waals surface area contributed by atoms with E-state index in [-0.39, 0.29) is 4.21 Å². The number of rotatable bonds is 2. The van der Waals surface area contributed by atoms with E-state index in [0.29, 0.717) is 0 Å². The molecule has 0 fully saturated rings. The highest BCUT2D eigenvalue weighted by atomic mass is 32.3. The van der Waals surface area contributed by atoms with Crippen LogP contribution in [0, 0.1) is 0 Å². The summed E-state index contributed by atoms with van der Waals surface area (Å²) in [7, 11) is -4.57. The predicted molar refractivity (Wildman–Crippen MR) is 58.0 cm³/mol. The number of hydrogen-bond donors (Lipinski definition) is 0. The third-order valence-corrected chi connectivity index (χ3v) is 4.27. The molecule has 1 aromatic carbocycles. The van der Waals surface area contributed by atoms with Gasteiger partial charge >= 0.3 is 10.2 Å². The molecule has 1 heterocycles. The Kier molecular flexibility index (Phi) is 2.58. The van der Waals surface area contributed by atoms with Crippen molar-refractivity contribution in [1.29, 1.82) is 0 Å². The molecule has 0 amide bonds. The van der Waals surface area contributed by atoms with Gasteiger partial charge in [-0.3, -0.25) is 0 Å². The van der Waals surface area contributed by atoms with Gasteiger partial charge in [0, 0.05) is 4.88 Å². The van der Waals surface area contributed by atoms with Crippen LogP contribution in [0.4, 0.5) is 3.89 Å². The van der Waals surface area contributed by atoms with Gasteiger partial charge in [0.15, 0.2) is 4.21 Å². The van der Waals surface area contributed by atoms with Crippen LogP contribution in [0.25, 0.3) is 10.4 Å². The van der Waals surface area contributed by atoms with Gasteiger partial charge in [-0.1, -0.05) is 34.2 Å². The van der Waals surface area contributed by atoms with Crippen molar-refractivity contribution in [3.8, 4) is 10.4 Å². The first-order chi connectivity index (χ1) is 7.07. The molecule has 1 aromatic heterocycles.